The lowest BCUT2D eigenvalue weighted by atomic mass is 10.1. The van der Waals surface area contributed by atoms with Gasteiger partial charge in [0.2, 0.25) is 11.8 Å². The SMILES string of the molecule is CC(=O)N(CCNC(=O)Cc1ccccc1F)c1ccccc1F. The van der Waals surface area contributed by atoms with Crippen molar-refractivity contribution in [3.63, 3.8) is 0 Å². The van der Waals surface area contributed by atoms with Crippen molar-refractivity contribution < 1.29 is 18.4 Å². The number of nitrogens with one attached hydrogen (secondary N) is 1. The van der Waals surface area contributed by atoms with Crippen molar-refractivity contribution in [2.24, 2.45) is 0 Å². The third kappa shape index (κ3) is 4.62. The van der Waals surface area contributed by atoms with E-state index < -0.39 is 11.6 Å². The highest BCUT2D eigenvalue weighted by atomic mass is 19.1. The topological polar surface area (TPSA) is 49.4 Å². The maximum Gasteiger partial charge on any atom is 0.224 e. The highest BCUT2D eigenvalue weighted by molar-refractivity contribution is 5.91. The van der Waals surface area contributed by atoms with E-state index >= 15 is 0 Å². The highest BCUT2D eigenvalue weighted by Crippen LogP contribution is 2.18. The Labute approximate surface area is 139 Å². The van der Waals surface area contributed by atoms with Gasteiger partial charge in [-0.05, 0) is 23.8 Å². The number of carbonyl (C=O) groups is 2. The minimum Gasteiger partial charge on any atom is -0.354 e. The molecule has 0 fully saturated rings. The summed E-state index contributed by atoms with van der Waals surface area (Å²) in [6.45, 7) is 1.59. The molecule has 6 heteroatoms. The van der Waals surface area contributed by atoms with Crippen LogP contribution in [0.2, 0.25) is 0 Å². The number of amides is 2. The van der Waals surface area contributed by atoms with Crippen molar-refractivity contribution in [3.05, 3.63) is 65.7 Å². The molecule has 2 aromatic rings. The summed E-state index contributed by atoms with van der Waals surface area (Å²) in [4.78, 5) is 24.8. The molecule has 0 aromatic heterocycles. The third-order valence-electron chi connectivity index (χ3n) is 3.49. The van der Waals surface area contributed by atoms with Crippen LogP contribution in [0.25, 0.3) is 0 Å². The predicted molar refractivity (Wildman–Crippen MR) is 87.5 cm³/mol. The standard InChI is InChI=1S/C18H18F2N2O2/c1-13(23)22(17-9-5-4-8-16(17)20)11-10-21-18(24)12-14-6-2-3-7-15(14)19/h2-9H,10-12H2,1H3,(H,21,24). The van der Waals surface area contributed by atoms with Crippen LogP contribution >= 0.6 is 0 Å². The van der Waals surface area contributed by atoms with Crippen LogP contribution in [-0.2, 0) is 16.0 Å². The van der Waals surface area contributed by atoms with E-state index in [-0.39, 0.29) is 37.0 Å². The van der Waals surface area contributed by atoms with Crippen LogP contribution in [0.3, 0.4) is 0 Å². The Morgan fingerprint density at radius 1 is 1.00 bits per heavy atom. The lowest BCUT2D eigenvalue weighted by Crippen LogP contribution is -2.38. The Balaban J connectivity index is 1.92. The van der Waals surface area contributed by atoms with Crippen molar-refractivity contribution in [2.45, 2.75) is 13.3 Å². The fraction of sp³-hybridized carbons (Fsp3) is 0.222. The van der Waals surface area contributed by atoms with Gasteiger partial charge >= 0.3 is 0 Å². The molecule has 2 aromatic carbocycles. The highest BCUT2D eigenvalue weighted by Gasteiger charge is 2.15. The quantitative estimate of drug-likeness (QED) is 0.884. The monoisotopic (exact) mass is 332 g/mol. The number of halogens is 2. The second-order valence-corrected chi connectivity index (χ2v) is 5.24. The summed E-state index contributed by atoms with van der Waals surface area (Å²) in [5.74, 6) is -1.64. The average Bonchev–Trinajstić information content (AvgIpc) is 2.54. The van der Waals surface area contributed by atoms with Gasteiger partial charge in [-0.25, -0.2) is 8.78 Å². The van der Waals surface area contributed by atoms with E-state index in [9.17, 15) is 18.4 Å². The zero-order valence-corrected chi connectivity index (χ0v) is 13.3. The molecule has 0 aliphatic carbocycles. The van der Waals surface area contributed by atoms with Crippen molar-refractivity contribution in [2.75, 3.05) is 18.0 Å². The van der Waals surface area contributed by atoms with Crippen LogP contribution in [-0.4, -0.2) is 24.9 Å². The maximum absolute atomic E-state index is 13.8. The second kappa shape index (κ2) is 8.19. The smallest absolute Gasteiger partial charge is 0.224 e. The normalized spacial score (nSPS) is 10.3. The van der Waals surface area contributed by atoms with Gasteiger partial charge in [-0.15, -0.1) is 0 Å². The second-order valence-electron chi connectivity index (χ2n) is 5.24. The Bertz CT molecular complexity index is 734. The predicted octanol–water partition coefficient (Wildman–Crippen LogP) is 2.68. The molecular formula is C18H18F2N2O2. The summed E-state index contributed by atoms with van der Waals surface area (Å²) >= 11 is 0. The van der Waals surface area contributed by atoms with E-state index in [0.717, 1.165) is 0 Å². The summed E-state index contributed by atoms with van der Waals surface area (Å²) < 4.78 is 27.3. The molecule has 0 saturated heterocycles. The molecule has 126 valence electrons. The Morgan fingerprint density at radius 3 is 2.25 bits per heavy atom. The lowest BCUT2D eigenvalue weighted by molar-refractivity contribution is -0.121. The van der Waals surface area contributed by atoms with E-state index in [0.29, 0.717) is 5.56 Å². The van der Waals surface area contributed by atoms with Crippen molar-refractivity contribution in [1.82, 2.24) is 5.32 Å². The molecule has 0 aliphatic rings. The van der Waals surface area contributed by atoms with E-state index in [1.165, 1.54) is 42.2 Å². The van der Waals surface area contributed by atoms with Crippen molar-refractivity contribution in [3.8, 4) is 0 Å². The minimum absolute atomic E-state index is 0.0908. The fourth-order valence-corrected chi connectivity index (χ4v) is 2.30. The number of nitrogens with zero attached hydrogens (tertiary/aromatic N) is 1. The summed E-state index contributed by atoms with van der Waals surface area (Å²) in [5.41, 5.74) is 0.459. The summed E-state index contributed by atoms with van der Waals surface area (Å²) in [6, 6.07) is 12.0. The summed E-state index contributed by atoms with van der Waals surface area (Å²) in [5, 5.41) is 2.61. The molecule has 0 bridgehead atoms. The number of benzene rings is 2. The van der Waals surface area contributed by atoms with E-state index in [4.69, 9.17) is 0 Å². The van der Waals surface area contributed by atoms with E-state index in [1.807, 2.05) is 0 Å². The molecule has 0 aliphatic heterocycles. The number of carbonyl (C=O) groups excluding carboxylic acids is 2. The van der Waals surface area contributed by atoms with Gasteiger partial charge in [0.25, 0.3) is 0 Å². The van der Waals surface area contributed by atoms with E-state index in [2.05, 4.69) is 5.32 Å². The first-order chi connectivity index (χ1) is 11.5. The zero-order chi connectivity index (χ0) is 17.5. The van der Waals surface area contributed by atoms with Crippen molar-refractivity contribution in [1.29, 1.82) is 0 Å². The van der Waals surface area contributed by atoms with Crippen LogP contribution < -0.4 is 10.2 Å². The number of anilines is 1. The molecular weight excluding hydrogens is 314 g/mol. The molecule has 0 spiro atoms. The average molecular weight is 332 g/mol. The first-order valence-corrected chi connectivity index (χ1v) is 7.52. The molecule has 1 N–H and O–H groups in total. The van der Waals surface area contributed by atoms with Crippen molar-refractivity contribution >= 4 is 17.5 Å². The van der Waals surface area contributed by atoms with Crippen LogP contribution in [0.1, 0.15) is 12.5 Å². The van der Waals surface area contributed by atoms with Gasteiger partial charge < -0.3 is 10.2 Å². The van der Waals surface area contributed by atoms with Gasteiger partial charge in [0.15, 0.2) is 0 Å². The van der Waals surface area contributed by atoms with Crippen LogP contribution in [0.4, 0.5) is 14.5 Å². The molecule has 0 atom stereocenters. The Morgan fingerprint density at radius 2 is 1.62 bits per heavy atom. The zero-order valence-electron chi connectivity index (χ0n) is 13.3. The van der Waals surface area contributed by atoms with E-state index in [1.54, 1.807) is 18.2 Å². The number of hydrogen-bond acceptors (Lipinski definition) is 2. The number of para-hydroxylation sites is 1. The van der Waals surface area contributed by atoms with Gasteiger partial charge in [-0.3, -0.25) is 9.59 Å². The van der Waals surface area contributed by atoms with Crippen LogP contribution in [0.15, 0.2) is 48.5 Å². The molecule has 0 heterocycles. The fourth-order valence-electron chi connectivity index (χ4n) is 2.30. The summed E-state index contributed by atoms with van der Waals surface area (Å²) in [7, 11) is 0. The minimum atomic E-state index is -0.509. The Hall–Kier alpha value is -2.76. The maximum atomic E-state index is 13.8. The van der Waals surface area contributed by atoms with Gasteiger partial charge in [0, 0.05) is 20.0 Å². The molecule has 4 nitrogen and oxygen atoms in total. The number of hydrogen-bond donors (Lipinski definition) is 1. The first-order valence-electron chi connectivity index (χ1n) is 7.52. The molecule has 2 rings (SSSR count). The van der Waals surface area contributed by atoms with Gasteiger partial charge in [0.1, 0.15) is 11.6 Å². The lowest BCUT2D eigenvalue weighted by Gasteiger charge is -2.21. The van der Waals surface area contributed by atoms with Gasteiger partial charge in [-0.1, -0.05) is 30.3 Å². The molecule has 0 saturated carbocycles. The van der Waals surface area contributed by atoms with Gasteiger partial charge in [0.05, 0.1) is 12.1 Å². The molecule has 2 amide bonds. The van der Waals surface area contributed by atoms with Crippen LogP contribution in [0.5, 0.6) is 0 Å². The molecule has 24 heavy (non-hydrogen) atoms. The largest absolute Gasteiger partial charge is 0.354 e. The first kappa shape index (κ1) is 17.6. The third-order valence-corrected chi connectivity index (χ3v) is 3.49. The summed E-state index contributed by atoms with van der Waals surface area (Å²) in [6.07, 6.45) is -0.0908. The van der Waals surface area contributed by atoms with Gasteiger partial charge in [-0.2, -0.15) is 0 Å². The Kier molecular flexibility index (Phi) is 6.01. The van der Waals surface area contributed by atoms with Crippen LogP contribution in [0, 0.1) is 11.6 Å². The molecule has 0 unspecified atom stereocenters. The molecule has 0 radical (unpaired) electrons. The number of rotatable bonds is 6.